The lowest BCUT2D eigenvalue weighted by atomic mass is 10.1. The maximum atomic E-state index is 12.1. The van der Waals surface area contributed by atoms with Gasteiger partial charge in [-0.15, -0.1) is 0 Å². The van der Waals surface area contributed by atoms with Crippen LogP contribution in [0.2, 0.25) is 0 Å². The molecule has 26 heavy (non-hydrogen) atoms. The van der Waals surface area contributed by atoms with E-state index in [0.717, 1.165) is 23.4 Å². The van der Waals surface area contributed by atoms with Gasteiger partial charge in [-0.05, 0) is 24.6 Å². The van der Waals surface area contributed by atoms with E-state index < -0.39 is 11.7 Å². The molecule has 0 unspecified atom stereocenters. The van der Waals surface area contributed by atoms with Crippen molar-refractivity contribution >= 4 is 23.3 Å². The molecule has 2 aromatic rings. The minimum atomic E-state index is -0.620. The highest BCUT2D eigenvalue weighted by Crippen LogP contribution is 2.16. The van der Waals surface area contributed by atoms with Crippen molar-refractivity contribution in [3.8, 4) is 0 Å². The molecule has 0 radical (unpaired) electrons. The van der Waals surface area contributed by atoms with Gasteiger partial charge in [-0.3, -0.25) is 14.4 Å². The second-order valence-corrected chi connectivity index (χ2v) is 6.32. The van der Waals surface area contributed by atoms with Crippen LogP contribution in [0.25, 0.3) is 0 Å². The molecule has 0 aromatic heterocycles. The van der Waals surface area contributed by atoms with Crippen molar-refractivity contribution in [2.45, 2.75) is 13.5 Å². The van der Waals surface area contributed by atoms with Crippen LogP contribution < -0.4 is 15.5 Å². The zero-order valence-corrected chi connectivity index (χ0v) is 14.6. The fraction of sp³-hybridized carbons (Fsp3) is 0.250. The highest BCUT2D eigenvalue weighted by molar-refractivity contribution is 6.42. The van der Waals surface area contributed by atoms with E-state index in [1.807, 2.05) is 36.1 Å². The Morgan fingerprint density at radius 1 is 1.08 bits per heavy atom. The van der Waals surface area contributed by atoms with E-state index in [2.05, 4.69) is 10.6 Å². The lowest BCUT2D eigenvalue weighted by Crippen LogP contribution is -2.47. The van der Waals surface area contributed by atoms with Gasteiger partial charge in [0.2, 0.25) is 11.7 Å². The number of ketones is 1. The number of carbonyl (C=O) groups excluding carboxylic acids is 3. The molecule has 1 aliphatic heterocycles. The Kier molecular flexibility index (Phi) is 5.31. The average molecular weight is 351 g/mol. The lowest BCUT2D eigenvalue weighted by molar-refractivity contribution is -0.120. The molecule has 0 atom stereocenters. The molecule has 2 amide bonds. The van der Waals surface area contributed by atoms with E-state index in [1.54, 1.807) is 24.3 Å². The minimum Gasteiger partial charge on any atom is -0.360 e. The minimum absolute atomic E-state index is 0.0159. The largest absolute Gasteiger partial charge is 0.360 e. The van der Waals surface area contributed by atoms with Crippen LogP contribution in [0.1, 0.15) is 21.5 Å². The molecule has 1 fully saturated rings. The third kappa shape index (κ3) is 4.27. The number of hydrogen-bond acceptors (Lipinski definition) is 4. The summed E-state index contributed by atoms with van der Waals surface area (Å²) in [4.78, 5) is 37.6. The summed E-state index contributed by atoms with van der Waals surface area (Å²) >= 11 is 0. The van der Waals surface area contributed by atoms with Crippen LogP contribution in [0, 0.1) is 6.92 Å². The van der Waals surface area contributed by atoms with Crippen LogP contribution in [-0.2, 0) is 16.1 Å². The van der Waals surface area contributed by atoms with E-state index in [4.69, 9.17) is 0 Å². The predicted molar refractivity (Wildman–Crippen MR) is 99.0 cm³/mol. The summed E-state index contributed by atoms with van der Waals surface area (Å²) in [6.45, 7) is 3.96. The Balaban J connectivity index is 1.55. The summed E-state index contributed by atoms with van der Waals surface area (Å²) < 4.78 is 0. The Labute approximate surface area is 152 Å². The number of anilines is 1. The van der Waals surface area contributed by atoms with Gasteiger partial charge in [0.1, 0.15) is 0 Å². The summed E-state index contributed by atoms with van der Waals surface area (Å²) in [7, 11) is 0. The van der Waals surface area contributed by atoms with E-state index in [1.165, 1.54) is 0 Å². The van der Waals surface area contributed by atoms with Gasteiger partial charge < -0.3 is 15.5 Å². The highest BCUT2D eigenvalue weighted by atomic mass is 16.2. The Morgan fingerprint density at radius 3 is 2.42 bits per heavy atom. The molecule has 0 bridgehead atoms. The van der Waals surface area contributed by atoms with Crippen LogP contribution in [0.3, 0.4) is 0 Å². The molecule has 6 heteroatoms. The fourth-order valence-electron chi connectivity index (χ4n) is 2.78. The highest BCUT2D eigenvalue weighted by Gasteiger charge is 2.17. The topological polar surface area (TPSA) is 78.5 Å². The number of benzene rings is 2. The summed E-state index contributed by atoms with van der Waals surface area (Å²) in [6, 6.07) is 14.5. The molecular formula is C20H21N3O3. The fourth-order valence-corrected chi connectivity index (χ4v) is 2.78. The number of rotatable bonds is 5. The zero-order chi connectivity index (χ0) is 18.5. The number of hydrogen-bond donors (Lipinski definition) is 2. The zero-order valence-electron chi connectivity index (χ0n) is 14.6. The van der Waals surface area contributed by atoms with Gasteiger partial charge in [0, 0.05) is 30.9 Å². The van der Waals surface area contributed by atoms with Gasteiger partial charge >= 0.3 is 0 Å². The van der Waals surface area contributed by atoms with E-state index in [0.29, 0.717) is 18.7 Å². The van der Waals surface area contributed by atoms with Crippen LogP contribution in [-0.4, -0.2) is 37.2 Å². The van der Waals surface area contributed by atoms with Crippen molar-refractivity contribution in [3.63, 3.8) is 0 Å². The summed E-state index contributed by atoms with van der Waals surface area (Å²) in [5.74, 6) is -1.14. The molecule has 0 saturated carbocycles. The number of carbonyl (C=O) groups is 3. The Morgan fingerprint density at radius 2 is 1.77 bits per heavy atom. The molecule has 3 rings (SSSR count). The van der Waals surface area contributed by atoms with Crippen LogP contribution >= 0.6 is 0 Å². The first-order valence-corrected chi connectivity index (χ1v) is 8.53. The van der Waals surface area contributed by atoms with Crippen molar-refractivity contribution in [3.05, 3.63) is 65.2 Å². The van der Waals surface area contributed by atoms with Gasteiger partial charge in [0.25, 0.3) is 5.91 Å². The maximum absolute atomic E-state index is 12.1. The predicted octanol–water partition coefficient (Wildman–Crippen LogP) is 1.43. The van der Waals surface area contributed by atoms with Crippen molar-refractivity contribution < 1.29 is 14.4 Å². The monoisotopic (exact) mass is 351 g/mol. The number of nitrogens with one attached hydrogen (secondary N) is 2. The van der Waals surface area contributed by atoms with Crippen LogP contribution in [0.5, 0.6) is 0 Å². The second kappa shape index (κ2) is 7.82. The summed E-state index contributed by atoms with van der Waals surface area (Å²) in [5.41, 5.74) is 3.27. The molecule has 1 aliphatic rings. The SMILES string of the molecule is Cc1ccc(C(=O)C(=O)NCc2ccc(N3CCNC(=O)C3)cc2)cc1. The number of Topliss-reactive ketones (excluding diaryl/α,β-unsaturated/α-hetero) is 1. The standard InChI is InChI=1S/C20H21N3O3/c1-14-2-6-16(7-3-14)19(25)20(26)22-12-15-4-8-17(9-5-15)23-11-10-21-18(24)13-23/h2-9H,10-13H2,1H3,(H,21,24)(H,22,26). The second-order valence-electron chi connectivity index (χ2n) is 6.32. The van der Waals surface area contributed by atoms with Crippen molar-refractivity contribution in [2.75, 3.05) is 24.5 Å². The average Bonchev–Trinajstić information content (AvgIpc) is 2.66. The molecule has 2 N–H and O–H groups in total. The summed E-state index contributed by atoms with van der Waals surface area (Å²) in [6.07, 6.45) is 0. The lowest BCUT2D eigenvalue weighted by Gasteiger charge is -2.28. The van der Waals surface area contributed by atoms with Crippen molar-refractivity contribution in [1.82, 2.24) is 10.6 Å². The van der Waals surface area contributed by atoms with Gasteiger partial charge in [-0.25, -0.2) is 0 Å². The third-order valence-electron chi connectivity index (χ3n) is 4.31. The molecule has 2 aromatic carbocycles. The molecule has 134 valence electrons. The van der Waals surface area contributed by atoms with Gasteiger partial charge in [0.05, 0.1) is 6.54 Å². The normalized spacial score (nSPS) is 13.9. The first kappa shape index (κ1) is 17.7. The number of piperazine rings is 1. The quantitative estimate of drug-likeness (QED) is 0.631. The molecule has 6 nitrogen and oxygen atoms in total. The number of aryl methyl sites for hydroxylation is 1. The van der Waals surface area contributed by atoms with E-state index in [-0.39, 0.29) is 12.5 Å². The molecular weight excluding hydrogens is 330 g/mol. The molecule has 0 spiro atoms. The van der Waals surface area contributed by atoms with Crippen molar-refractivity contribution in [2.24, 2.45) is 0 Å². The van der Waals surface area contributed by atoms with Crippen molar-refractivity contribution in [1.29, 1.82) is 0 Å². The Hall–Kier alpha value is -3.15. The smallest absolute Gasteiger partial charge is 0.292 e. The first-order chi connectivity index (χ1) is 12.5. The molecule has 0 aliphatic carbocycles. The maximum Gasteiger partial charge on any atom is 0.292 e. The van der Waals surface area contributed by atoms with E-state index >= 15 is 0 Å². The molecule has 1 heterocycles. The van der Waals surface area contributed by atoms with Gasteiger partial charge in [-0.1, -0.05) is 42.0 Å². The van der Waals surface area contributed by atoms with E-state index in [9.17, 15) is 14.4 Å². The Bertz CT molecular complexity index is 813. The van der Waals surface area contributed by atoms with Gasteiger partial charge in [-0.2, -0.15) is 0 Å². The first-order valence-electron chi connectivity index (χ1n) is 8.53. The molecule has 1 saturated heterocycles. The number of amides is 2. The van der Waals surface area contributed by atoms with Crippen LogP contribution in [0.15, 0.2) is 48.5 Å². The van der Waals surface area contributed by atoms with Gasteiger partial charge in [0.15, 0.2) is 0 Å². The third-order valence-corrected chi connectivity index (χ3v) is 4.31. The number of nitrogens with zero attached hydrogens (tertiary/aromatic N) is 1. The van der Waals surface area contributed by atoms with Crippen LogP contribution in [0.4, 0.5) is 5.69 Å². The summed E-state index contributed by atoms with van der Waals surface area (Å²) in [5, 5.41) is 5.44.